The van der Waals surface area contributed by atoms with Gasteiger partial charge in [-0.3, -0.25) is 9.78 Å². The number of carbonyl (C=O) groups is 1. The lowest BCUT2D eigenvalue weighted by Gasteiger charge is -2.31. The molecule has 2 heterocycles. The first-order valence-corrected chi connectivity index (χ1v) is 6.67. The van der Waals surface area contributed by atoms with E-state index in [1.807, 2.05) is 18.0 Å². The van der Waals surface area contributed by atoms with Gasteiger partial charge >= 0.3 is 0 Å². The van der Waals surface area contributed by atoms with Crippen molar-refractivity contribution in [1.82, 2.24) is 9.88 Å². The Hall–Kier alpha value is -1.58. The maximum absolute atomic E-state index is 12.4. The molecular formula is C14H21N3O. The van der Waals surface area contributed by atoms with E-state index in [2.05, 4.69) is 17.2 Å². The molecule has 1 amide bonds. The van der Waals surface area contributed by atoms with Gasteiger partial charge in [-0.15, -0.1) is 0 Å². The van der Waals surface area contributed by atoms with E-state index in [-0.39, 0.29) is 5.91 Å². The number of piperidine rings is 1. The quantitative estimate of drug-likeness (QED) is 0.892. The second-order valence-electron chi connectivity index (χ2n) is 4.82. The van der Waals surface area contributed by atoms with Crippen molar-refractivity contribution in [1.29, 1.82) is 0 Å². The van der Waals surface area contributed by atoms with Crippen LogP contribution in [0.25, 0.3) is 0 Å². The molecule has 18 heavy (non-hydrogen) atoms. The lowest BCUT2D eigenvalue weighted by molar-refractivity contribution is 0.0689. The van der Waals surface area contributed by atoms with Gasteiger partial charge in [-0.2, -0.15) is 0 Å². The Kier molecular flexibility index (Phi) is 4.18. The third-order valence-electron chi connectivity index (χ3n) is 3.80. The molecule has 0 aromatic carbocycles. The molecule has 0 radical (unpaired) electrons. The predicted molar refractivity (Wildman–Crippen MR) is 72.7 cm³/mol. The van der Waals surface area contributed by atoms with Crippen LogP contribution in [0.5, 0.6) is 0 Å². The maximum Gasteiger partial charge on any atom is 0.257 e. The molecular weight excluding hydrogens is 226 g/mol. The number of hydrogen-bond acceptors (Lipinski definition) is 3. The SMILES string of the molecule is CCC1CCN(C(=O)c2cnccc2NC)CC1. The van der Waals surface area contributed by atoms with E-state index in [9.17, 15) is 4.79 Å². The number of pyridine rings is 1. The number of nitrogens with zero attached hydrogens (tertiary/aromatic N) is 2. The lowest BCUT2D eigenvalue weighted by Crippen LogP contribution is -2.38. The standard InChI is InChI=1S/C14H21N3O/c1-3-11-5-8-17(9-6-11)14(18)12-10-16-7-4-13(12)15-2/h4,7,10-11H,3,5-6,8-9H2,1-2H3,(H,15,16). The van der Waals surface area contributed by atoms with Gasteiger partial charge in [0.05, 0.1) is 5.56 Å². The number of likely N-dealkylation sites (tertiary alicyclic amines) is 1. The van der Waals surface area contributed by atoms with Crippen LogP contribution in [-0.4, -0.2) is 35.9 Å². The third kappa shape index (κ3) is 2.63. The summed E-state index contributed by atoms with van der Waals surface area (Å²) in [4.78, 5) is 18.4. The van der Waals surface area contributed by atoms with Gasteiger partial charge in [0, 0.05) is 38.2 Å². The Balaban J connectivity index is 2.08. The summed E-state index contributed by atoms with van der Waals surface area (Å²) in [6.07, 6.45) is 6.82. The molecule has 0 saturated carbocycles. The predicted octanol–water partition coefficient (Wildman–Crippen LogP) is 2.39. The first kappa shape index (κ1) is 12.9. The Morgan fingerprint density at radius 2 is 2.22 bits per heavy atom. The highest BCUT2D eigenvalue weighted by Gasteiger charge is 2.24. The van der Waals surface area contributed by atoms with Crippen molar-refractivity contribution in [3.63, 3.8) is 0 Å². The molecule has 2 rings (SSSR count). The molecule has 1 fully saturated rings. The molecule has 0 bridgehead atoms. The van der Waals surface area contributed by atoms with Gasteiger partial charge in [-0.05, 0) is 24.8 Å². The number of aromatic nitrogens is 1. The van der Waals surface area contributed by atoms with E-state index in [4.69, 9.17) is 0 Å². The maximum atomic E-state index is 12.4. The minimum Gasteiger partial charge on any atom is -0.387 e. The topological polar surface area (TPSA) is 45.2 Å². The van der Waals surface area contributed by atoms with Crippen LogP contribution >= 0.6 is 0 Å². The summed E-state index contributed by atoms with van der Waals surface area (Å²) in [5.41, 5.74) is 1.53. The summed E-state index contributed by atoms with van der Waals surface area (Å²) in [6.45, 7) is 3.97. The normalized spacial score (nSPS) is 16.7. The van der Waals surface area contributed by atoms with Crippen LogP contribution in [0.4, 0.5) is 5.69 Å². The summed E-state index contributed by atoms with van der Waals surface area (Å²) < 4.78 is 0. The van der Waals surface area contributed by atoms with Crippen LogP contribution in [0.3, 0.4) is 0 Å². The van der Waals surface area contributed by atoms with Gasteiger partial charge in [-0.25, -0.2) is 0 Å². The molecule has 4 heteroatoms. The van der Waals surface area contributed by atoms with Crippen LogP contribution < -0.4 is 5.32 Å². The molecule has 1 saturated heterocycles. The largest absolute Gasteiger partial charge is 0.387 e. The zero-order valence-electron chi connectivity index (χ0n) is 11.1. The fourth-order valence-corrected chi connectivity index (χ4v) is 2.50. The van der Waals surface area contributed by atoms with E-state index in [1.165, 1.54) is 6.42 Å². The van der Waals surface area contributed by atoms with Gasteiger partial charge in [0.25, 0.3) is 5.91 Å². The Bertz CT molecular complexity index is 411. The minimum atomic E-state index is 0.0991. The summed E-state index contributed by atoms with van der Waals surface area (Å²) in [7, 11) is 1.83. The Morgan fingerprint density at radius 1 is 1.50 bits per heavy atom. The van der Waals surface area contributed by atoms with Crippen molar-refractivity contribution in [3.05, 3.63) is 24.0 Å². The zero-order valence-corrected chi connectivity index (χ0v) is 11.1. The highest BCUT2D eigenvalue weighted by molar-refractivity contribution is 5.99. The van der Waals surface area contributed by atoms with E-state index in [0.717, 1.165) is 37.5 Å². The fourth-order valence-electron chi connectivity index (χ4n) is 2.50. The molecule has 1 aliphatic rings. The van der Waals surface area contributed by atoms with Crippen LogP contribution in [0, 0.1) is 5.92 Å². The summed E-state index contributed by atoms with van der Waals surface area (Å²) in [5.74, 6) is 0.883. The van der Waals surface area contributed by atoms with Gasteiger partial charge < -0.3 is 10.2 Å². The van der Waals surface area contributed by atoms with Crippen molar-refractivity contribution in [2.45, 2.75) is 26.2 Å². The molecule has 1 N–H and O–H groups in total. The summed E-state index contributed by atoms with van der Waals surface area (Å²) in [6, 6.07) is 1.84. The number of carbonyl (C=O) groups excluding carboxylic acids is 1. The second-order valence-corrected chi connectivity index (χ2v) is 4.82. The van der Waals surface area contributed by atoms with Crippen LogP contribution in [0.2, 0.25) is 0 Å². The van der Waals surface area contributed by atoms with E-state index >= 15 is 0 Å². The molecule has 4 nitrogen and oxygen atoms in total. The van der Waals surface area contributed by atoms with Gasteiger partial charge in [0.15, 0.2) is 0 Å². The molecule has 0 aliphatic carbocycles. The molecule has 1 aromatic rings. The number of anilines is 1. The average molecular weight is 247 g/mol. The molecule has 0 unspecified atom stereocenters. The van der Waals surface area contributed by atoms with Crippen molar-refractivity contribution >= 4 is 11.6 Å². The zero-order chi connectivity index (χ0) is 13.0. The van der Waals surface area contributed by atoms with Crippen LogP contribution in [0.15, 0.2) is 18.5 Å². The molecule has 0 atom stereocenters. The highest BCUT2D eigenvalue weighted by atomic mass is 16.2. The van der Waals surface area contributed by atoms with Crippen molar-refractivity contribution in [3.8, 4) is 0 Å². The van der Waals surface area contributed by atoms with E-state index in [0.29, 0.717) is 5.56 Å². The van der Waals surface area contributed by atoms with Gasteiger partial charge in [0.2, 0.25) is 0 Å². The van der Waals surface area contributed by atoms with Crippen LogP contribution in [-0.2, 0) is 0 Å². The van der Waals surface area contributed by atoms with E-state index in [1.54, 1.807) is 12.4 Å². The molecule has 1 aliphatic heterocycles. The first-order valence-electron chi connectivity index (χ1n) is 6.67. The molecule has 0 spiro atoms. The van der Waals surface area contributed by atoms with E-state index < -0.39 is 0 Å². The van der Waals surface area contributed by atoms with Crippen molar-refractivity contribution in [2.24, 2.45) is 5.92 Å². The molecule has 1 aromatic heterocycles. The first-order chi connectivity index (χ1) is 8.76. The number of hydrogen-bond donors (Lipinski definition) is 1. The van der Waals surface area contributed by atoms with Crippen molar-refractivity contribution < 1.29 is 4.79 Å². The number of rotatable bonds is 3. The summed E-state index contributed by atoms with van der Waals surface area (Å²) in [5, 5.41) is 3.05. The Labute approximate surface area is 108 Å². The molecule has 98 valence electrons. The lowest BCUT2D eigenvalue weighted by atomic mass is 9.94. The summed E-state index contributed by atoms with van der Waals surface area (Å²) >= 11 is 0. The number of amides is 1. The van der Waals surface area contributed by atoms with Gasteiger partial charge in [-0.1, -0.05) is 13.3 Å². The monoisotopic (exact) mass is 247 g/mol. The smallest absolute Gasteiger partial charge is 0.257 e. The minimum absolute atomic E-state index is 0.0991. The Morgan fingerprint density at radius 3 is 2.83 bits per heavy atom. The second kappa shape index (κ2) is 5.85. The van der Waals surface area contributed by atoms with Crippen LogP contribution in [0.1, 0.15) is 36.5 Å². The average Bonchev–Trinajstić information content (AvgIpc) is 2.46. The fraction of sp³-hybridized carbons (Fsp3) is 0.571. The van der Waals surface area contributed by atoms with Gasteiger partial charge in [0.1, 0.15) is 0 Å². The van der Waals surface area contributed by atoms with Crippen molar-refractivity contribution in [2.75, 3.05) is 25.5 Å². The third-order valence-corrected chi connectivity index (χ3v) is 3.80. The highest BCUT2D eigenvalue weighted by Crippen LogP contribution is 2.23. The number of nitrogens with one attached hydrogen (secondary N) is 1.